The predicted molar refractivity (Wildman–Crippen MR) is 91.3 cm³/mol. The number of ether oxygens (including phenoxy) is 1. The van der Waals surface area contributed by atoms with Crippen LogP contribution in [0.3, 0.4) is 0 Å². The van der Waals surface area contributed by atoms with E-state index in [1.165, 1.54) is 6.33 Å². The third-order valence-electron chi connectivity index (χ3n) is 3.42. The van der Waals surface area contributed by atoms with Crippen molar-refractivity contribution >= 4 is 12.0 Å². The molecule has 0 aliphatic heterocycles. The summed E-state index contributed by atoms with van der Waals surface area (Å²) in [4.78, 5) is 15.9. The van der Waals surface area contributed by atoms with E-state index in [-0.39, 0.29) is 12.6 Å². The molecule has 0 radical (unpaired) electrons. The highest BCUT2D eigenvalue weighted by atomic mass is 16.5. The first-order valence-corrected chi connectivity index (χ1v) is 7.61. The van der Waals surface area contributed by atoms with Crippen LogP contribution in [-0.4, -0.2) is 27.3 Å². The molecular weight excluding hydrogens is 302 g/mol. The van der Waals surface area contributed by atoms with Crippen molar-refractivity contribution in [1.82, 2.24) is 14.8 Å². The van der Waals surface area contributed by atoms with Crippen molar-refractivity contribution in [2.45, 2.75) is 6.54 Å². The average molecular weight is 319 g/mol. The van der Waals surface area contributed by atoms with Gasteiger partial charge >= 0.3 is 5.97 Å². The lowest BCUT2D eigenvalue weighted by atomic mass is 10.1. The summed E-state index contributed by atoms with van der Waals surface area (Å²) in [5.41, 5.74) is 2.65. The molecule has 2 aromatic carbocycles. The van der Waals surface area contributed by atoms with Gasteiger partial charge < -0.3 is 4.74 Å². The molecule has 5 heteroatoms. The Morgan fingerprint density at radius 1 is 1.08 bits per heavy atom. The number of carbonyl (C=O) groups excluding carboxylic acids is 1. The summed E-state index contributed by atoms with van der Waals surface area (Å²) >= 11 is 0. The standard InChI is InChI=1S/C19H17N3O2/c23-19(24-12-4-7-16-5-2-1-3-6-16)18-10-8-17(9-11-18)13-22-15-20-14-21-22/h1-11,14-15H,12-13H2/b7-4+. The Bertz CT molecular complexity index is 794. The van der Waals surface area contributed by atoms with E-state index in [0.29, 0.717) is 12.1 Å². The van der Waals surface area contributed by atoms with Crippen molar-refractivity contribution in [2.24, 2.45) is 0 Å². The van der Waals surface area contributed by atoms with E-state index in [1.54, 1.807) is 23.1 Å². The minimum atomic E-state index is -0.333. The summed E-state index contributed by atoms with van der Waals surface area (Å²) in [5.74, 6) is -0.333. The van der Waals surface area contributed by atoms with Crippen molar-refractivity contribution in [3.63, 3.8) is 0 Å². The molecule has 0 aliphatic carbocycles. The molecule has 0 bridgehead atoms. The van der Waals surface area contributed by atoms with Crippen LogP contribution in [0.5, 0.6) is 0 Å². The summed E-state index contributed by atoms with van der Waals surface area (Å²) in [6, 6.07) is 17.2. The van der Waals surface area contributed by atoms with Crippen LogP contribution in [0, 0.1) is 0 Å². The molecule has 0 N–H and O–H groups in total. The molecular formula is C19H17N3O2. The molecule has 0 amide bonds. The van der Waals surface area contributed by atoms with Crippen LogP contribution in [0.25, 0.3) is 6.08 Å². The molecule has 0 fully saturated rings. The van der Waals surface area contributed by atoms with Gasteiger partial charge in [0.25, 0.3) is 0 Å². The van der Waals surface area contributed by atoms with Gasteiger partial charge in [-0.15, -0.1) is 0 Å². The van der Waals surface area contributed by atoms with Crippen LogP contribution >= 0.6 is 0 Å². The van der Waals surface area contributed by atoms with E-state index in [4.69, 9.17) is 4.74 Å². The molecule has 120 valence electrons. The number of carbonyl (C=O) groups is 1. The molecule has 3 aromatic rings. The maximum absolute atomic E-state index is 12.0. The minimum absolute atomic E-state index is 0.244. The molecule has 0 spiro atoms. The first kappa shape index (κ1) is 15.7. The number of benzene rings is 2. The zero-order valence-electron chi connectivity index (χ0n) is 13.1. The lowest BCUT2D eigenvalue weighted by molar-refractivity contribution is 0.0550. The van der Waals surface area contributed by atoms with Gasteiger partial charge in [0.2, 0.25) is 0 Å². The van der Waals surface area contributed by atoms with Crippen LogP contribution in [0.1, 0.15) is 21.5 Å². The molecule has 0 saturated heterocycles. The maximum Gasteiger partial charge on any atom is 0.338 e. The molecule has 0 saturated carbocycles. The summed E-state index contributed by atoms with van der Waals surface area (Å²) in [5, 5.41) is 4.05. The van der Waals surface area contributed by atoms with E-state index < -0.39 is 0 Å². The molecule has 1 heterocycles. The van der Waals surface area contributed by atoms with Crippen molar-refractivity contribution < 1.29 is 9.53 Å². The van der Waals surface area contributed by atoms with Crippen LogP contribution in [0.2, 0.25) is 0 Å². The van der Waals surface area contributed by atoms with E-state index in [0.717, 1.165) is 11.1 Å². The third kappa shape index (κ3) is 4.39. The smallest absolute Gasteiger partial charge is 0.338 e. The fourth-order valence-corrected chi connectivity index (χ4v) is 2.20. The van der Waals surface area contributed by atoms with Crippen molar-refractivity contribution in [3.05, 3.63) is 90.0 Å². The molecule has 5 nitrogen and oxygen atoms in total. The normalized spacial score (nSPS) is 10.8. The van der Waals surface area contributed by atoms with Crippen molar-refractivity contribution in [1.29, 1.82) is 0 Å². The van der Waals surface area contributed by atoms with Gasteiger partial charge in [-0.1, -0.05) is 48.5 Å². The number of rotatable bonds is 6. The highest BCUT2D eigenvalue weighted by Gasteiger charge is 2.06. The maximum atomic E-state index is 12.0. The Labute approximate surface area is 140 Å². The summed E-state index contributed by atoms with van der Waals surface area (Å²) in [7, 11) is 0. The Morgan fingerprint density at radius 3 is 2.58 bits per heavy atom. The van der Waals surface area contributed by atoms with Gasteiger partial charge in [0.15, 0.2) is 0 Å². The lowest BCUT2D eigenvalue weighted by Gasteiger charge is -2.04. The third-order valence-corrected chi connectivity index (χ3v) is 3.42. The number of aromatic nitrogens is 3. The summed E-state index contributed by atoms with van der Waals surface area (Å²) < 4.78 is 6.97. The van der Waals surface area contributed by atoms with E-state index in [1.807, 2.05) is 54.6 Å². The SMILES string of the molecule is O=C(OC/C=C/c1ccccc1)c1ccc(Cn2cncn2)cc1. The lowest BCUT2D eigenvalue weighted by Crippen LogP contribution is -2.06. The quantitative estimate of drug-likeness (QED) is 0.655. The Kier molecular flexibility index (Phi) is 5.14. The molecule has 0 atom stereocenters. The van der Waals surface area contributed by atoms with Crippen molar-refractivity contribution in [2.75, 3.05) is 6.61 Å². The molecule has 3 rings (SSSR count). The van der Waals surface area contributed by atoms with Gasteiger partial charge in [-0.05, 0) is 29.3 Å². The monoisotopic (exact) mass is 319 g/mol. The zero-order valence-corrected chi connectivity index (χ0v) is 13.1. The molecule has 0 aliphatic rings. The first-order valence-electron chi connectivity index (χ1n) is 7.61. The topological polar surface area (TPSA) is 57.0 Å². The second-order valence-electron chi connectivity index (χ2n) is 5.20. The highest BCUT2D eigenvalue weighted by molar-refractivity contribution is 5.89. The van der Waals surface area contributed by atoms with Crippen LogP contribution in [-0.2, 0) is 11.3 Å². The number of nitrogens with zero attached hydrogens (tertiary/aromatic N) is 3. The van der Waals surface area contributed by atoms with E-state index >= 15 is 0 Å². The molecule has 24 heavy (non-hydrogen) atoms. The molecule has 1 aromatic heterocycles. The largest absolute Gasteiger partial charge is 0.458 e. The van der Waals surface area contributed by atoms with E-state index in [9.17, 15) is 4.79 Å². The fraction of sp³-hybridized carbons (Fsp3) is 0.105. The van der Waals surface area contributed by atoms with Gasteiger partial charge in [-0.25, -0.2) is 14.5 Å². The van der Waals surface area contributed by atoms with Gasteiger partial charge in [0.1, 0.15) is 19.3 Å². The fourth-order valence-electron chi connectivity index (χ4n) is 2.20. The number of hydrogen-bond donors (Lipinski definition) is 0. The second-order valence-corrected chi connectivity index (χ2v) is 5.20. The summed E-state index contributed by atoms with van der Waals surface area (Å²) in [6.45, 7) is 0.865. The molecule has 0 unspecified atom stereocenters. The van der Waals surface area contributed by atoms with Gasteiger partial charge in [0, 0.05) is 0 Å². The van der Waals surface area contributed by atoms with Gasteiger partial charge in [0.05, 0.1) is 12.1 Å². The second kappa shape index (κ2) is 7.87. The Hall–Kier alpha value is -3.21. The Morgan fingerprint density at radius 2 is 1.88 bits per heavy atom. The number of hydrogen-bond acceptors (Lipinski definition) is 4. The van der Waals surface area contributed by atoms with Crippen LogP contribution < -0.4 is 0 Å². The van der Waals surface area contributed by atoms with E-state index in [2.05, 4.69) is 10.1 Å². The Balaban J connectivity index is 1.50. The summed E-state index contributed by atoms with van der Waals surface area (Å²) in [6.07, 6.45) is 6.90. The van der Waals surface area contributed by atoms with Crippen LogP contribution in [0.4, 0.5) is 0 Å². The first-order chi connectivity index (χ1) is 11.8. The van der Waals surface area contributed by atoms with Crippen LogP contribution in [0.15, 0.2) is 73.3 Å². The minimum Gasteiger partial charge on any atom is -0.458 e. The number of esters is 1. The highest BCUT2D eigenvalue weighted by Crippen LogP contribution is 2.08. The van der Waals surface area contributed by atoms with Crippen molar-refractivity contribution in [3.8, 4) is 0 Å². The predicted octanol–water partition coefficient (Wildman–Crippen LogP) is 3.20. The average Bonchev–Trinajstić information content (AvgIpc) is 3.13. The van der Waals surface area contributed by atoms with Gasteiger partial charge in [-0.2, -0.15) is 5.10 Å². The van der Waals surface area contributed by atoms with Gasteiger partial charge in [-0.3, -0.25) is 0 Å². The zero-order chi connectivity index (χ0) is 16.6.